The molecule has 0 aliphatic carbocycles. The van der Waals surface area contributed by atoms with Crippen molar-refractivity contribution < 1.29 is 0 Å². The number of hydrogen-bond donors (Lipinski definition) is 0. The summed E-state index contributed by atoms with van der Waals surface area (Å²) in [4.78, 5) is 0. The van der Waals surface area contributed by atoms with E-state index in [1.165, 1.54) is 0 Å². The molecule has 0 heterocycles. The van der Waals surface area contributed by atoms with Crippen LogP contribution in [0.4, 0.5) is 0 Å². The summed E-state index contributed by atoms with van der Waals surface area (Å²) in [5.74, 6) is 7.76. The molecule has 0 aromatic heterocycles. The Balaban J connectivity index is 3.29. The van der Waals surface area contributed by atoms with Crippen molar-refractivity contribution in [2.45, 2.75) is 32.9 Å². The van der Waals surface area contributed by atoms with Crippen molar-refractivity contribution in [3.05, 3.63) is 0 Å². The monoisotopic (exact) mass is 156 g/mol. The Morgan fingerprint density at radius 1 is 1.20 bits per heavy atom. The van der Waals surface area contributed by atoms with Gasteiger partial charge in [0, 0.05) is 5.92 Å². The molecule has 1 heteroatoms. The Kier molecular flexibility index (Phi) is 5.63. The fourth-order valence-corrected chi connectivity index (χ4v) is 0.954. The van der Waals surface area contributed by atoms with E-state index in [1.54, 1.807) is 0 Å². The average Bonchev–Trinajstić information content (AvgIpc) is 1.79. The summed E-state index contributed by atoms with van der Waals surface area (Å²) in [7, 11) is 0. The van der Waals surface area contributed by atoms with Gasteiger partial charge < -0.3 is 0 Å². The van der Waals surface area contributed by atoms with Gasteiger partial charge in [-0.1, -0.05) is 39.5 Å². The molecule has 0 aliphatic rings. The van der Waals surface area contributed by atoms with Crippen LogP contribution >= 0.6 is 11.8 Å². The van der Waals surface area contributed by atoms with Gasteiger partial charge in [0.25, 0.3) is 0 Å². The van der Waals surface area contributed by atoms with Crippen LogP contribution in [-0.4, -0.2) is 11.0 Å². The average molecular weight is 156 g/mol. The Hall–Kier alpha value is -0.0900. The summed E-state index contributed by atoms with van der Waals surface area (Å²) in [5.41, 5.74) is 0. The molecule has 0 aliphatic heterocycles. The first-order valence-electron chi connectivity index (χ1n) is 3.73. The molecule has 0 atom stereocenters. The Bertz CT molecular complexity index is 125. The molecule has 10 heavy (non-hydrogen) atoms. The molecule has 0 nitrogen and oxygen atoms in total. The van der Waals surface area contributed by atoms with E-state index in [4.69, 9.17) is 0 Å². The zero-order chi connectivity index (χ0) is 7.98. The van der Waals surface area contributed by atoms with Crippen molar-refractivity contribution >= 4 is 11.8 Å². The smallest absolute Gasteiger partial charge is 0.0550 e. The zero-order valence-electron chi connectivity index (χ0n) is 7.27. The van der Waals surface area contributed by atoms with Gasteiger partial charge in [-0.25, -0.2) is 0 Å². The molecule has 0 fully saturated rings. The number of thioether (sulfide) groups is 1. The van der Waals surface area contributed by atoms with E-state index in [1.807, 2.05) is 11.8 Å². The predicted molar refractivity (Wildman–Crippen MR) is 50.2 cm³/mol. The summed E-state index contributed by atoms with van der Waals surface area (Å²) < 4.78 is 0. The lowest BCUT2D eigenvalue weighted by Crippen LogP contribution is -1.87. The Morgan fingerprint density at radius 3 is 2.20 bits per heavy atom. The quantitative estimate of drug-likeness (QED) is 0.554. The van der Waals surface area contributed by atoms with Gasteiger partial charge >= 0.3 is 0 Å². The van der Waals surface area contributed by atoms with Gasteiger partial charge in [-0.3, -0.25) is 0 Å². The minimum Gasteiger partial charge on any atom is -0.146 e. The van der Waals surface area contributed by atoms with E-state index >= 15 is 0 Å². The second kappa shape index (κ2) is 5.68. The van der Waals surface area contributed by atoms with Crippen LogP contribution in [0.25, 0.3) is 0 Å². The van der Waals surface area contributed by atoms with Crippen molar-refractivity contribution in [3.8, 4) is 11.8 Å². The van der Waals surface area contributed by atoms with E-state index in [-0.39, 0.29) is 0 Å². The van der Waals surface area contributed by atoms with Gasteiger partial charge in [0.1, 0.15) is 0 Å². The maximum Gasteiger partial charge on any atom is 0.0550 e. The summed E-state index contributed by atoms with van der Waals surface area (Å²) in [6, 6.07) is 0. The van der Waals surface area contributed by atoms with Crippen LogP contribution in [0, 0.1) is 17.8 Å². The summed E-state index contributed by atoms with van der Waals surface area (Å²) in [5, 5.41) is 0.710. The third-order valence-corrected chi connectivity index (χ3v) is 1.86. The molecule has 0 saturated heterocycles. The van der Waals surface area contributed by atoms with E-state index in [0.717, 1.165) is 5.75 Å². The molecule has 0 aromatic rings. The first-order valence-corrected chi connectivity index (χ1v) is 4.77. The van der Waals surface area contributed by atoms with Gasteiger partial charge in [-0.15, -0.1) is 11.8 Å². The van der Waals surface area contributed by atoms with Gasteiger partial charge in [-0.05, 0) is 5.25 Å². The molecule has 0 unspecified atom stereocenters. The molecule has 0 bridgehead atoms. The maximum absolute atomic E-state index is 3.13. The first kappa shape index (κ1) is 9.91. The third kappa shape index (κ3) is 7.91. The molecule has 0 amide bonds. The lowest BCUT2D eigenvalue weighted by atomic mass is 10.2. The van der Waals surface area contributed by atoms with Crippen LogP contribution in [0.5, 0.6) is 0 Å². The van der Waals surface area contributed by atoms with Crippen LogP contribution < -0.4 is 0 Å². The topological polar surface area (TPSA) is 0 Å². The Labute approximate surface area is 68.8 Å². The van der Waals surface area contributed by atoms with E-state index in [9.17, 15) is 0 Å². The van der Waals surface area contributed by atoms with Crippen LogP contribution in [0.2, 0.25) is 0 Å². The van der Waals surface area contributed by atoms with Gasteiger partial charge in [0.15, 0.2) is 0 Å². The van der Waals surface area contributed by atoms with Crippen molar-refractivity contribution in [2.75, 3.05) is 5.75 Å². The highest BCUT2D eigenvalue weighted by atomic mass is 32.2. The van der Waals surface area contributed by atoms with Crippen molar-refractivity contribution in [1.29, 1.82) is 0 Å². The Morgan fingerprint density at radius 2 is 1.80 bits per heavy atom. The molecular formula is C9H16S. The van der Waals surface area contributed by atoms with Gasteiger partial charge in [0.2, 0.25) is 0 Å². The van der Waals surface area contributed by atoms with E-state index in [2.05, 4.69) is 39.5 Å². The maximum atomic E-state index is 3.13. The zero-order valence-corrected chi connectivity index (χ0v) is 8.09. The molecule has 0 saturated carbocycles. The van der Waals surface area contributed by atoms with Crippen LogP contribution in [0.1, 0.15) is 27.7 Å². The predicted octanol–water partition coefficient (Wildman–Crippen LogP) is 2.79. The number of rotatable bonds is 2. The highest BCUT2D eigenvalue weighted by molar-refractivity contribution is 8.00. The van der Waals surface area contributed by atoms with Crippen molar-refractivity contribution in [2.24, 2.45) is 5.92 Å². The lowest BCUT2D eigenvalue weighted by Gasteiger charge is -1.97. The third-order valence-electron chi connectivity index (χ3n) is 0.880. The minimum absolute atomic E-state index is 0.521. The van der Waals surface area contributed by atoms with E-state index < -0.39 is 0 Å². The second-order valence-electron chi connectivity index (χ2n) is 2.84. The van der Waals surface area contributed by atoms with Gasteiger partial charge in [0.05, 0.1) is 5.75 Å². The fourth-order valence-electron chi connectivity index (χ4n) is 0.454. The fraction of sp³-hybridized carbons (Fsp3) is 0.778. The van der Waals surface area contributed by atoms with Crippen LogP contribution in [0.3, 0.4) is 0 Å². The largest absolute Gasteiger partial charge is 0.146 e. The first-order chi connectivity index (χ1) is 4.63. The summed E-state index contributed by atoms with van der Waals surface area (Å²) in [6.45, 7) is 8.63. The molecule has 0 rings (SSSR count). The molecule has 0 N–H and O–H groups in total. The van der Waals surface area contributed by atoms with Crippen LogP contribution in [0.15, 0.2) is 0 Å². The molecule has 58 valence electrons. The van der Waals surface area contributed by atoms with Gasteiger partial charge in [-0.2, -0.15) is 0 Å². The highest BCUT2D eigenvalue weighted by Crippen LogP contribution is 2.06. The standard InChI is InChI=1S/C9H16S/c1-8(2)6-5-7-10-9(3)4/h8-9H,7H2,1-4H3. The van der Waals surface area contributed by atoms with E-state index in [0.29, 0.717) is 11.2 Å². The van der Waals surface area contributed by atoms with Crippen molar-refractivity contribution in [1.82, 2.24) is 0 Å². The molecule has 0 radical (unpaired) electrons. The lowest BCUT2D eigenvalue weighted by molar-refractivity contribution is 0.866. The summed E-state index contributed by atoms with van der Waals surface area (Å²) in [6.07, 6.45) is 0. The normalized spacial score (nSPS) is 9.80. The SMILES string of the molecule is CC(C)C#CCSC(C)C. The molecule has 0 aromatic carbocycles. The molecule has 0 spiro atoms. The number of hydrogen-bond acceptors (Lipinski definition) is 1. The van der Waals surface area contributed by atoms with Crippen LogP contribution in [-0.2, 0) is 0 Å². The molecular weight excluding hydrogens is 140 g/mol. The highest BCUT2D eigenvalue weighted by Gasteiger charge is 1.89. The minimum atomic E-state index is 0.521. The second-order valence-corrected chi connectivity index (χ2v) is 4.40. The summed E-state index contributed by atoms with van der Waals surface area (Å²) >= 11 is 1.90. The van der Waals surface area contributed by atoms with Crippen molar-refractivity contribution in [3.63, 3.8) is 0 Å².